The molecule has 2 heterocycles. The van der Waals surface area contributed by atoms with Gasteiger partial charge in [-0.1, -0.05) is 12.1 Å². The fourth-order valence-corrected chi connectivity index (χ4v) is 2.16. The summed E-state index contributed by atoms with van der Waals surface area (Å²) in [5, 5.41) is 6.72. The van der Waals surface area contributed by atoms with Crippen LogP contribution in [0.1, 0.15) is 26.5 Å². The van der Waals surface area contributed by atoms with Gasteiger partial charge >= 0.3 is 5.97 Å². The maximum Gasteiger partial charge on any atom is 0.356 e. The first-order valence-electron chi connectivity index (χ1n) is 7.04. The molecule has 8 heteroatoms. The lowest BCUT2D eigenvalue weighted by Crippen LogP contribution is -2.26. The number of benzene rings is 1. The highest BCUT2D eigenvalue weighted by molar-refractivity contribution is 5.96. The van der Waals surface area contributed by atoms with E-state index < -0.39 is 11.9 Å². The van der Waals surface area contributed by atoms with E-state index in [1.165, 1.54) is 36.0 Å². The van der Waals surface area contributed by atoms with Crippen LogP contribution in [0, 0.1) is 5.82 Å². The number of carbonyl (C=O) groups excluding carboxylic acids is 2. The molecule has 3 rings (SSSR count). The number of hydrogen-bond donors (Lipinski definition) is 1. The van der Waals surface area contributed by atoms with E-state index in [9.17, 15) is 14.0 Å². The summed E-state index contributed by atoms with van der Waals surface area (Å²) in [4.78, 5) is 28.2. The van der Waals surface area contributed by atoms with E-state index in [-0.39, 0.29) is 23.7 Å². The first-order valence-corrected chi connectivity index (χ1v) is 7.04. The maximum absolute atomic E-state index is 12.9. The number of fused-ring (bicyclic) bond motifs is 1. The van der Waals surface area contributed by atoms with Gasteiger partial charge in [0.1, 0.15) is 11.5 Å². The zero-order valence-electron chi connectivity index (χ0n) is 12.7. The molecule has 7 nitrogen and oxygen atoms in total. The maximum atomic E-state index is 12.9. The van der Waals surface area contributed by atoms with Gasteiger partial charge in [-0.2, -0.15) is 5.10 Å². The molecule has 0 fully saturated rings. The Morgan fingerprint density at radius 1 is 1.25 bits per heavy atom. The van der Waals surface area contributed by atoms with Crippen molar-refractivity contribution in [3.8, 4) is 0 Å². The van der Waals surface area contributed by atoms with Crippen LogP contribution in [0.25, 0.3) is 5.65 Å². The van der Waals surface area contributed by atoms with E-state index in [0.29, 0.717) is 5.65 Å². The normalized spacial score (nSPS) is 10.6. The predicted molar refractivity (Wildman–Crippen MR) is 81.9 cm³/mol. The highest BCUT2D eigenvalue weighted by Gasteiger charge is 2.17. The lowest BCUT2D eigenvalue weighted by Gasteiger charge is -2.08. The highest BCUT2D eigenvalue weighted by atomic mass is 19.1. The number of aromatic nitrogens is 3. The minimum absolute atomic E-state index is 0.0115. The van der Waals surface area contributed by atoms with Crippen molar-refractivity contribution < 1.29 is 18.7 Å². The Morgan fingerprint density at radius 3 is 2.71 bits per heavy atom. The number of amides is 1. The summed E-state index contributed by atoms with van der Waals surface area (Å²) in [5.41, 5.74) is 1.25. The Labute approximate surface area is 136 Å². The van der Waals surface area contributed by atoms with Crippen molar-refractivity contribution >= 4 is 17.5 Å². The summed E-state index contributed by atoms with van der Waals surface area (Å²) in [5.74, 6) is -1.44. The molecule has 0 spiro atoms. The van der Waals surface area contributed by atoms with Gasteiger partial charge in [0.05, 0.1) is 13.3 Å². The SMILES string of the molecule is COC(=O)c1cc(C(=O)NCc2ccc(F)cc2)n2nccc2n1. The molecule has 1 amide bonds. The average Bonchev–Trinajstić information content (AvgIpc) is 3.08. The van der Waals surface area contributed by atoms with Gasteiger partial charge in [0.25, 0.3) is 5.91 Å². The van der Waals surface area contributed by atoms with Crippen LogP contribution in [-0.4, -0.2) is 33.6 Å². The van der Waals surface area contributed by atoms with Gasteiger partial charge in [-0.25, -0.2) is 18.7 Å². The molecule has 1 aromatic carbocycles. The van der Waals surface area contributed by atoms with Crippen molar-refractivity contribution in [3.05, 3.63) is 65.4 Å². The van der Waals surface area contributed by atoms with E-state index in [4.69, 9.17) is 0 Å². The quantitative estimate of drug-likeness (QED) is 0.735. The molecular formula is C16H13FN4O3. The lowest BCUT2D eigenvalue weighted by molar-refractivity contribution is 0.0594. The molecule has 0 aliphatic carbocycles. The second-order valence-electron chi connectivity index (χ2n) is 4.93. The fraction of sp³-hybridized carbons (Fsp3) is 0.125. The van der Waals surface area contributed by atoms with Crippen LogP contribution in [0.5, 0.6) is 0 Å². The first-order chi connectivity index (χ1) is 11.6. The fourth-order valence-electron chi connectivity index (χ4n) is 2.16. The van der Waals surface area contributed by atoms with Crippen molar-refractivity contribution in [2.45, 2.75) is 6.54 Å². The standard InChI is InChI=1S/C16H13FN4O3/c1-24-16(23)12-8-13(21-14(20-12)6-7-19-21)15(22)18-9-10-2-4-11(17)5-3-10/h2-8H,9H2,1H3,(H,18,22). The van der Waals surface area contributed by atoms with Crippen LogP contribution >= 0.6 is 0 Å². The molecule has 0 aliphatic heterocycles. The number of carbonyl (C=O) groups is 2. The molecule has 0 radical (unpaired) electrons. The predicted octanol–water partition coefficient (Wildman–Crippen LogP) is 1.58. The lowest BCUT2D eigenvalue weighted by atomic mass is 10.2. The molecule has 24 heavy (non-hydrogen) atoms. The average molecular weight is 328 g/mol. The van der Waals surface area contributed by atoms with Crippen LogP contribution in [0.2, 0.25) is 0 Å². The smallest absolute Gasteiger partial charge is 0.356 e. The van der Waals surface area contributed by atoms with E-state index in [2.05, 4.69) is 20.1 Å². The van der Waals surface area contributed by atoms with E-state index in [1.807, 2.05) is 0 Å². The minimum Gasteiger partial charge on any atom is -0.464 e. The van der Waals surface area contributed by atoms with Gasteiger partial charge in [0, 0.05) is 18.7 Å². The van der Waals surface area contributed by atoms with Gasteiger partial charge in [-0.05, 0) is 17.7 Å². The topological polar surface area (TPSA) is 85.6 Å². The van der Waals surface area contributed by atoms with Crippen LogP contribution in [0.15, 0.2) is 42.6 Å². The van der Waals surface area contributed by atoms with Crippen LogP contribution < -0.4 is 5.32 Å². The van der Waals surface area contributed by atoms with Crippen LogP contribution in [0.4, 0.5) is 4.39 Å². The third kappa shape index (κ3) is 3.07. The number of nitrogens with one attached hydrogen (secondary N) is 1. The number of methoxy groups -OCH3 is 1. The Morgan fingerprint density at radius 2 is 2.00 bits per heavy atom. The Balaban J connectivity index is 1.86. The van der Waals surface area contributed by atoms with Crippen molar-refractivity contribution in [3.63, 3.8) is 0 Å². The third-order valence-electron chi connectivity index (χ3n) is 3.35. The summed E-state index contributed by atoms with van der Waals surface area (Å²) in [7, 11) is 1.23. The number of halogens is 1. The number of ether oxygens (including phenoxy) is 1. The molecule has 0 bridgehead atoms. The Kier molecular flexibility index (Phi) is 4.19. The third-order valence-corrected chi connectivity index (χ3v) is 3.35. The van der Waals surface area contributed by atoms with Gasteiger partial charge in [0.15, 0.2) is 11.3 Å². The van der Waals surface area contributed by atoms with E-state index >= 15 is 0 Å². The molecule has 0 saturated carbocycles. The monoisotopic (exact) mass is 328 g/mol. The zero-order valence-corrected chi connectivity index (χ0v) is 12.7. The molecule has 122 valence electrons. The number of rotatable bonds is 4. The molecular weight excluding hydrogens is 315 g/mol. The summed E-state index contributed by atoms with van der Waals surface area (Å²) in [6.07, 6.45) is 1.47. The van der Waals surface area contributed by atoms with Crippen molar-refractivity contribution in [2.75, 3.05) is 7.11 Å². The largest absolute Gasteiger partial charge is 0.464 e. The van der Waals surface area contributed by atoms with Gasteiger partial charge in [-0.3, -0.25) is 4.79 Å². The molecule has 0 saturated heterocycles. The van der Waals surface area contributed by atoms with Gasteiger partial charge in [-0.15, -0.1) is 0 Å². The van der Waals surface area contributed by atoms with E-state index in [0.717, 1.165) is 5.56 Å². The first kappa shape index (κ1) is 15.6. The highest BCUT2D eigenvalue weighted by Crippen LogP contribution is 2.09. The number of esters is 1. The zero-order chi connectivity index (χ0) is 17.1. The van der Waals surface area contributed by atoms with Crippen molar-refractivity contribution in [1.29, 1.82) is 0 Å². The summed E-state index contributed by atoms with van der Waals surface area (Å²) < 4.78 is 18.9. The molecule has 1 N–H and O–H groups in total. The summed E-state index contributed by atoms with van der Waals surface area (Å²) in [6.45, 7) is 0.206. The molecule has 0 unspecified atom stereocenters. The number of nitrogens with zero attached hydrogens (tertiary/aromatic N) is 3. The second-order valence-corrected chi connectivity index (χ2v) is 4.93. The van der Waals surface area contributed by atoms with E-state index in [1.54, 1.807) is 18.2 Å². The number of hydrogen-bond acceptors (Lipinski definition) is 5. The minimum atomic E-state index is -0.647. The second kappa shape index (κ2) is 6.45. The molecule has 3 aromatic rings. The molecule has 2 aromatic heterocycles. The summed E-state index contributed by atoms with van der Waals surface area (Å²) in [6, 6.07) is 8.66. The Bertz CT molecular complexity index is 905. The van der Waals surface area contributed by atoms with Crippen LogP contribution in [0.3, 0.4) is 0 Å². The van der Waals surface area contributed by atoms with Crippen molar-refractivity contribution in [1.82, 2.24) is 19.9 Å². The molecule has 0 aliphatic rings. The van der Waals surface area contributed by atoms with Gasteiger partial charge in [0.2, 0.25) is 0 Å². The molecule has 0 atom stereocenters. The Hall–Kier alpha value is -3.29. The van der Waals surface area contributed by atoms with Crippen LogP contribution in [-0.2, 0) is 11.3 Å². The van der Waals surface area contributed by atoms with Crippen molar-refractivity contribution in [2.24, 2.45) is 0 Å². The summed E-state index contributed by atoms with van der Waals surface area (Å²) >= 11 is 0. The van der Waals surface area contributed by atoms with Gasteiger partial charge < -0.3 is 10.1 Å².